The SMILES string of the molecule is C[C@@H](SCc1nc2sc3c(c2c(=O)[nH]1)CCCC3)C(=O)NCc1nnc2ccccn12. The quantitative estimate of drug-likeness (QED) is 0.464. The number of rotatable bonds is 6. The zero-order valence-corrected chi connectivity index (χ0v) is 18.7. The Bertz CT molecular complexity index is 1320. The highest BCUT2D eigenvalue weighted by Crippen LogP contribution is 2.33. The number of carbonyl (C=O) groups is 1. The number of aryl methyl sites for hydroxylation is 2. The van der Waals surface area contributed by atoms with Crippen LogP contribution in [0.5, 0.6) is 0 Å². The van der Waals surface area contributed by atoms with E-state index in [4.69, 9.17) is 0 Å². The first kappa shape index (κ1) is 20.2. The smallest absolute Gasteiger partial charge is 0.259 e. The van der Waals surface area contributed by atoms with E-state index in [2.05, 4.69) is 25.5 Å². The number of nitrogens with one attached hydrogen (secondary N) is 2. The van der Waals surface area contributed by atoms with E-state index in [9.17, 15) is 9.59 Å². The van der Waals surface area contributed by atoms with Crippen LogP contribution in [0.25, 0.3) is 15.9 Å². The van der Waals surface area contributed by atoms with Gasteiger partial charge in [-0.05, 0) is 50.3 Å². The lowest BCUT2D eigenvalue weighted by Crippen LogP contribution is -2.31. The maximum absolute atomic E-state index is 12.7. The van der Waals surface area contributed by atoms with Crippen LogP contribution in [0, 0.1) is 0 Å². The van der Waals surface area contributed by atoms with Gasteiger partial charge in [-0.3, -0.25) is 14.0 Å². The van der Waals surface area contributed by atoms with Crippen LogP contribution in [0.3, 0.4) is 0 Å². The van der Waals surface area contributed by atoms with Gasteiger partial charge in [0.05, 0.1) is 22.9 Å². The molecule has 0 bridgehead atoms. The van der Waals surface area contributed by atoms with Crippen molar-refractivity contribution in [3.63, 3.8) is 0 Å². The van der Waals surface area contributed by atoms with Gasteiger partial charge in [-0.2, -0.15) is 0 Å². The van der Waals surface area contributed by atoms with Gasteiger partial charge >= 0.3 is 0 Å². The normalized spacial score (nSPS) is 14.6. The monoisotopic (exact) mass is 454 g/mol. The number of aromatic amines is 1. The highest BCUT2D eigenvalue weighted by molar-refractivity contribution is 7.99. The fourth-order valence-electron chi connectivity index (χ4n) is 3.88. The molecule has 2 N–H and O–H groups in total. The van der Waals surface area contributed by atoms with Gasteiger partial charge in [-0.1, -0.05) is 6.07 Å². The Kier molecular flexibility index (Phi) is 5.49. The van der Waals surface area contributed by atoms with Gasteiger partial charge in [0, 0.05) is 11.1 Å². The van der Waals surface area contributed by atoms with Crippen molar-refractivity contribution in [2.75, 3.05) is 0 Å². The molecule has 1 atom stereocenters. The van der Waals surface area contributed by atoms with Gasteiger partial charge in [-0.15, -0.1) is 33.3 Å². The second-order valence-electron chi connectivity index (χ2n) is 7.62. The molecular weight excluding hydrogens is 432 g/mol. The molecule has 4 heterocycles. The van der Waals surface area contributed by atoms with Crippen molar-refractivity contribution in [1.29, 1.82) is 0 Å². The molecule has 0 unspecified atom stereocenters. The third kappa shape index (κ3) is 3.97. The van der Waals surface area contributed by atoms with Crippen LogP contribution in [-0.2, 0) is 29.9 Å². The molecule has 1 aliphatic rings. The summed E-state index contributed by atoms with van der Waals surface area (Å²) in [7, 11) is 0. The van der Waals surface area contributed by atoms with Crippen molar-refractivity contribution in [2.45, 2.75) is 50.2 Å². The Hall–Kier alpha value is -2.72. The maximum Gasteiger partial charge on any atom is 0.259 e. The number of hydrogen-bond acceptors (Lipinski definition) is 7. The highest BCUT2D eigenvalue weighted by atomic mass is 32.2. The summed E-state index contributed by atoms with van der Waals surface area (Å²) in [5.41, 5.74) is 1.87. The molecule has 5 rings (SSSR count). The minimum Gasteiger partial charge on any atom is -0.348 e. The number of aromatic nitrogens is 5. The van der Waals surface area contributed by atoms with Gasteiger partial charge in [0.1, 0.15) is 10.7 Å². The summed E-state index contributed by atoms with van der Waals surface area (Å²) in [5, 5.41) is 11.6. The molecular formula is C21H22N6O2S2. The van der Waals surface area contributed by atoms with Crippen molar-refractivity contribution in [2.24, 2.45) is 0 Å². The zero-order chi connectivity index (χ0) is 21.4. The van der Waals surface area contributed by atoms with Gasteiger partial charge in [-0.25, -0.2) is 4.98 Å². The van der Waals surface area contributed by atoms with Gasteiger partial charge in [0.2, 0.25) is 5.91 Å². The van der Waals surface area contributed by atoms with Crippen LogP contribution in [0.1, 0.15) is 41.9 Å². The predicted molar refractivity (Wildman–Crippen MR) is 122 cm³/mol. The van der Waals surface area contributed by atoms with Crippen LogP contribution < -0.4 is 10.9 Å². The molecule has 0 radical (unpaired) electrons. The molecule has 0 aromatic carbocycles. The van der Waals surface area contributed by atoms with Crippen LogP contribution >= 0.6 is 23.1 Å². The maximum atomic E-state index is 12.7. The molecule has 0 saturated heterocycles. The average molecular weight is 455 g/mol. The molecule has 4 aromatic heterocycles. The van der Waals surface area contributed by atoms with Gasteiger partial charge < -0.3 is 10.3 Å². The van der Waals surface area contributed by atoms with Crippen molar-refractivity contribution in [1.82, 2.24) is 29.9 Å². The Morgan fingerprint density at radius 2 is 2.19 bits per heavy atom. The third-order valence-electron chi connectivity index (χ3n) is 5.52. The van der Waals surface area contributed by atoms with Gasteiger partial charge in [0.25, 0.3) is 5.56 Å². The molecule has 31 heavy (non-hydrogen) atoms. The molecule has 0 aliphatic heterocycles. The van der Waals surface area contributed by atoms with E-state index < -0.39 is 0 Å². The average Bonchev–Trinajstić information content (AvgIpc) is 3.37. The topological polar surface area (TPSA) is 105 Å². The molecule has 160 valence electrons. The lowest BCUT2D eigenvalue weighted by Gasteiger charge is -2.11. The first-order valence-electron chi connectivity index (χ1n) is 10.3. The minimum absolute atomic E-state index is 0.0595. The number of hydrogen-bond donors (Lipinski definition) is 2. The molecule has 0 spiro atoms. The third-order valence-corrected chi connectivity index (χ3v) is 7.86. The zero-order valence-electron chi connectivity index (χ0n) is 17.1. The number of amides is 1. The molecule has 1 amide bonds. The number of nitrogens with zero attached hydrogens (tertiary/aromatic N) is 4. The Labute approximate surface area is 186 Å². The fraction of sp³-hybridized carbons (Fsp3) is 0.381. The van der Waals surface area contributed by atoms with Crippen molar-refractivity contribution in [3.05, 3.63) is 56.8 Å². The molecule has 4 aromatic rings. The first-order chi connectivity index (χ1) is 15.1. The molecule has 1 aliphatic carbocycles. The minimum atomic E-state index is -0.295. The van der Waals surface area contributed by atoms with Crippen LogP contribution in [0.15, 0.2) is 29.2 Å². The van der Waals surface area contributed by atoms with E-state index in [1.807, 2.05) is 35.7 Å². The molecule has 0 fully saturated rings. The Balaban J connectivity index is 1.22. The fourth-order valence-corrected chi connectivity index (χ4v) is 5.94. The summed E-state index contributed by atoms with van der Waals surface area (Å²) in [6.45, 7) is 2.15. The van der Waals surface area contributed by atoms with E-state index in [1.165, 1.54) is 28.6 Å². The van der Waals surface area contributed by atoms with Crippen molar-refractivity contribution in [3.8, 4) is 0 Å². The summed E-state index contributed by atoms with van der Waals surface area (Å²) in [6, 6.07) is 5.66. The van der Waals surface area contributed by atoms with E-state index in [0.717, 1.165) is 35.1 Å². The Morgan fingerprint density at radius 3 is 3.10 bits per heavy atom. The van der Waals surface area contributed by atoms with Crippen LogP contribution in [0.4, 0.5) is 0 Å². The molecule has 10 heteroatoms. The van der Waals surface area contributed by atoms with Crippen molar-refractivity contribution < 1.29 is 4.79 Å². The number of H-pyrrole nitrogens is 1. The van der Waals surface area contributed by atoms with E-state index in [0.29, 0.717) is 23.9 Å². The largest absolute Gasteiger partial charge is 0.348 e. The summed E-state index contributed by atoms with van der Waals surface area (Å²) < 4.78 is 1.85. The van der Waals surface area contributed by atoms with Crippen molar-refractivity contribution >= 4 is 44.9 Å². The number of thiophene rings is 1. The lowest BCUT2D eigenvalue weighted by atomic mass is 9.97. The second kappa shape index (κ2) is 8.43. The van der Waals surface area contributed by atoms with Crippen LogP contribution in [0.2, 0.25) is 0 Å². The number of carbonyl (C=O) groups excluding carboxylic acids is 1. The van der Waals surface area contributed by atoms with Crippen LogP contribution in [-0.4, -0.2) is 35.7 Å². The standard InChI is InChI=1S/C21H22N6O2S2/c1-12(19(28)22-10-17-26-25-16-8-4-5-9-27(16)17)30-11-15-23-20(29)18-13-6-2-3-7-14(13)31-21(18)24-15/h4-5,8-9,12H,2-3,6-7,10-11H2,1H3,(H,22,28)(H,23,24,29)/t12-/m1/s1. The summed E-state index contributed by atoms with van der Waals surface area (Å²) >= 11 is 3.09. The highest BCUT2D eigenvalue weighted by Gasteiger charge is 2.20. The van der Waals surface area contributed by atoms with E-state index >= 15 is 0 Å². The Morgan fingerprint density at radius 1 is 1.32 bits per heavy atom. The van der Waals surface area contributed by atoms with E-state index in [1.54, 1.807) is 11.3 Å². The number of thioether (sulfide) groups is 1. The van der Waals surface area contributed by atoms with E-state index in [-0.39, 0.29) is 16.7 Å². The second-order valence-corrected chi connectivity index (χ2v) is 10.0. The number of pyridine rings is 1. The predicted octanol–water partition coefficient (Wildman–Crippen LogP) is 2.84. The first-order valence-corrected chi connectivity index (χ1v) is 12.2. The molecule has 0 saturated carbocycles. The van der Waals surface area contributed by atoms with Gasteiger partial charge in [0.15, 0.2) is 11.5 Å². The lowest BCUT2D eigenvalue weighted by molar-refractivity contribution is -0.120. The summed E-state index contributed by atoms with van der Waals surface area (Å²) in [5.74, 6) is 1.67. The number of fused-ring (bicyclic) bond motifs is 4. The molecule has 8 nitrogen and oxygen atoms in total. The summed E-state index contributed by atoms with van der Waals surface area (Å²) in [4.78, 5) is 34.9. The summed E-state index contributed by atoms with van der Waals surface area (Å²) in [6.07, 6.45) is 6.19.